The lowest BCUT2D eigenvalue weighted by Gasteiger charge is -2.37. The molecule has 1 aliphatic carbocycles. The van der Waals surface area contributed by atoms with Crippen LogP contribution in [0, 0.1) is 5.92 Å². The molecule has 51 heavy (non-hydrogen) atoms. The van der Waals surface area contributed by atoms with Crippen molar-refractivity contribution in [1.29, 1.82) is 0 Å². The quantitative estimate of drug-likeness (QED) is 0.0625. The van der Waals surface area contributed by atoms with Crippen molar-refractivity contribution in [3.8, 4) is 57.3 Å². The normalized spacial score (nSPS) is 17.2. The van der Waals surface area contributed by atoms with Gasteiger partial charge >= 0.3 is 0 Å². The van der Waals surface area contributed by atoms with Crippen LogP contribution < -0.4 is 5.43 Å². The van der Waals surface area contributed by atoms with Crippen LogP contribution in [-0.2, 0) is 6.42 Å². The Bertz CT molecular complexity index is 2340. The second-order valence-electron chi connectivity index (χ2n) is 13.1. The Morgan fingerprint density at radius 3 is 2.20 bits per heavy atom. The van der Waals surface area contributed by atoms with E-state index in [-0.39, 0.29) is 74.6 Å². The summed E-state index contributed by atoms with van der Waals surface area (Å²) in [6.45, 7) is 5.46. The van der Waals surface area contributed by atoms with Gasteiger partial charge in [0, 0.05) is 41.0 Å². The molecule has 3 atom stereocenters. The molecule has 0 amide bonds. The number of rotatable bonds is 7. The molecule has 0 saturated carbocycles. The molecule has 1 aromatic heterocycles. The van der Waals surface area contributed by atoms with Gasteiger partial charge < -0.3 is 45.3 Å². The number of hydrogen-bond donors (Lipinski definition) is 8. The van der Waals surface area contributed by atoms with E-state index >= 15 is 0 Å². The first-order chi connectivity index (χ1) is 24.2. The van der Waals surface area contributed by atoms with Crippen molar-refractivity contribution in [2.24, 2.45) is 5.92 Å². The van der Waals surface area contributed by atoms with Gasteiger partial charge in [-0.1, -0.05) is 29.4 Å². The van der Waals surface area contributed by atoms with Gasteiger partial charge in [0.1, 0.15) is 45.8 Å². The number of hydrogen-bond acceptors (Lipinski definition) is 11. The number of carbonyl (C=O) groups is 1. The van der Waals surface area contributed by atoms with Gasteiger partial charge in [-0.2, -0.15) is 0 Å². The highest BCUT2D eigenvalue weighted by Gasteiger charge is 2.44. The van der Waals surface area contributed by atoms with Crippen LogP contribution in [0.5, 0.6) is 46.0 Å². The number of benzene rings is 4. The summed E-state index contributed by atoms with van der Waals surface area (Å²) >= 11 is 0. The third-order valence-corrected chi connectivity index (χ3v) is 9.40. The molecule has 5 aromatic rings. The lowest BCUT2D eigenvalue weighted by atomic mass is 9.65. The summed E-state index contributed by atoms with van der Waals surface area (Å²) in [4.78, 5) is 27.9. The van der Waals surface area contributed by atoms with Gasteiger partial charge in [0.2, 0.25) is 11.2 Å². The van der Waals surface area contributed by atoms with Crippen LogP contribution in [0.15, 0.2) is 93.2 Å². The Morgan fingerprint density at radius 2 is 1.49 bits per heavy atom. The maximum atomic E-state index is 14.8. The molecule has 0 fully saturated rings. The third-order valence-electron chi connectivity index (χ3n) is 9.40. The Hall–Kier alpha value is -6.36. The molecule has 3 unspecified atom stereocenters. The Kier molecular flexibility index (Phi) is 8.90. The van der Waals surface area contributed by atoms with Crippen molar-refractivity contribution >= 4 is 16.8 Å². The van der Waals surface area contributed by atoms with Crippen molar-refractivity contribution in [3.63, 3.8) is 0 Å². The van der Waals surface area contributed by atoms with E-state index in [9.17, 15) is 50.4 Å². The van der Waals surface area contributed by atoms with E-state index in [1.54, 1.807) is 19.1 Å². The molecule has 11 heteroatoms. The predicted octanol–water partition coefficient (Wildman–Crippen LogP) is 7.33. The van der Waals surface area contributed by atoms with Crippen LogP contribution in [0.2, 0.25) is 0 Å². The molecule has 11 nitrogen and oxygen atoms in total. The van der Waals surface area contributed by atoms with E-state index < -0.39 is 57.7 Å². The first-order valence-electron chi connectivity index (χ1n) is 16.1. The minimum absolute atomic E-state index is 0.0294. The van der Waals surface area contributed by atoms with Gasteiger partial charge in [-0.3, -0.25) is 9.59 Å². The van der Waals surface area contributed by atoms with Crippen LogP contribution in [-0.4, -0.2) is 46.6 Å². The number of fused-ring (bicyclic) bond motifs is 1. The summed E-state index contributed by atoms with van der Waals surface area (Å²) in [5.41, 5.74) is 0.571. The summed E-state index contributed by atoms with van der Waals surface area (Å²) in [7, 11) is 0. The fourth-order valence-electron chi connectivity index (χ4n) is 6.94. The molecule has 0 aliphatic heterocycles. The fraction of sp³-hybridized carbons (Fsp3) is 0.200. The molecule has 6 rings (SSSR count). The largest absolute Gasteiger partial charge is 0.508 e. The Labute approximate surface area is 291 Å². The highest BCUT2D eigenvalue weighted by molar-refractivity contribution is 6.02. The molecule has 0 saturated heterocycles. The highest BCUT2D eigenvalue weighted by Crippen LogP contribution is 2.54. The molecular weight excluding hydrogens is 656 g/mol. The summed E-state index contributed by atoms with van der Waals surface area (Å²) in [5.74, 6) is -7.63. The molecule has 1 aliphatic rings. The zero-order valence-corrected chi connectivity index (χ0v) is 27.9. The van der Waals surface area contributed by atoms with Gasteiger partial charge in [-0.15, -0.1) is 0 Å². The molecular formula is C40H36O11. The number of Topliss-reactive ketones (excluding diaryl/α,β-unsaturated/α-hetero) is 1. The number of phenols is 7. The smallest absolute Gasteiger partial charge is 0.235 e. The SMILES string of the molecule is CC(C)=CCc1c(O)ccc(C(=O)C2C(c3c(O)ccc(-c4oc5cc(O)ccc5c(=O)c4O)c3O)C=C(C)CC2c2ccc(O)cc2O)c1O. The molecule has 0 radical (unpaired) electrons. The van der Waals surface area contributed by atoms with E-state index in [0.717, 1.165) is 11.6 Å². The zero-order chi connectivity index (χ0) is 36.9. The van der Waals surface area contributed by atoms with Crippen LogP contribution in [0.4, 0.5) is 0 Å². The van der Waals surface area contributed by atoms with Crippen LogP contribution in [0.3, 0.4) is 0 Å². The van der Waals surface area contributed by atoms with Gasteiger partial charge in [0.25, 0.3) is 0 Å². The Balaban J connectivity index is 1.59. The number of carbonyl (C=O) groups excluding carboxylic acids is 1. The van der Waals surface area contributed by atoms with Crippen molar-refractivity contribution in [1.82, 2.24) is 0 Å². The lowest BCUT2D eigenvalue weighted by molar-refractivity contribution is 0.0876. The summed E-state index contributed by atoms with van der Waals surface area (Å²) in [6.07, 6.45) is 3.79. The second kappa shape index (κ2) is 13.2. The van der Waals surface area contributed by atoms with E-state index in [1.807, 2.05) is 13.8 Å². The molecule has 8 N–H and O–H groups in total. The third kappa shape index (κ3) is 6.18. The van der Waals surface area contributed by atoms with E-state index in [4.69, 9.17) is 4.42 Å². The van der Waals surface area contributed by atoms with Crippen molar-refractivity contribution in [3.05, 3.63) is 116 Å². The number of aromatic hydroxyl groups is 8. The van der Waals surface area contributed by atoms with E-state index in [0.29, 0.717) is 5.57 Å². The first kappa shape index (κ1) is 34.5. The topological polar surface area (TPSA) is 209 Å². The van der Waals surface area contributed by atoms with Gasteiger partial charge in [-0.25, -0.2) is 0 Å². The monoisotopic (exact) mass is 692 g/mol. The maximum absolute atomic E-state index is 14.8. The second-order valence-corrected chi connectivity index (χ2v) is 13.1. The minimum atomic E-state index is -1.22. The average molecular weight is 693 g/mol. The molecule has 0 bridgehead atoms. The fourth-order valence-corrected chi connectivity index (χ4v) is 6.94. The van der Waals surface area contributed by atoms with Gasteiger partial charge in [-0.05, 0) is 81.6 Å². The predicted molar refractivity (Wildman–Crippen MR) is 189 cm³/mol. The highest BCUT2D eigenvalue weighted by atomic mass is 16.4. The van der Waals surface area contributed by atoms with Crippen LogP contribution in [0.25, 0.3) is 22.3 Å². The maximum Gasteiger partial charge on any atom is 0.235 e. The number of ketones is 1. The van der Waals surface area contributed by atoms with Crippen molar-refractivity contribution < 1.29 is 50.1 Å². The zero-order valence-electron chi connectivity index (χ0n) is 27.9. The first-order valence-corrected chi connectivity index (χ1v) is 16.1. The van der Waals surface area contributed by atoms with Gasteiger partial charge in [0.05, 0.1) is 16.5 Å². The van der Waals surface area contributed by atoms with Crippen molar-refractivity contribution in [2.45, 2.75) is 45.4 Å². The lowest BCUT2D eigenvalue weighted by Crippen LogP contribution is -2.31. The summed E-state index contributed by atoms with van der Waals surface area (Å²) in [6, 6.07) is 12.7. The van der Waals surface area contributed by atoms with E-state index in [1.165, 1.54) is 54.6 Å². The summed E-state index contributed by atoms with van der Waals surface area (Å²) in [5, 5.41) is 87.2. The van der Waals surface area contributed by atoms with Gasteiger partial charge in [0.15, 0.2) is 11.5 Å². The van der Waals surface area contributed by atoms with Crippen LogP contribution >= 0.6 is 0 Å². The molecule has 4 aromatic carbocycles. The summed E-state index contributed by atoms with van der Waals surface area (Å²) < 4.78 is 5.81. The molecule has 262 valence electrons. The molecule has 1 heterocycles. The molecule has 0 spiro atoms. The van der Waals surface area contributed by atoms with Crippen LogP contribution in [0.1, 0.15) is 66.1 Å². The minimum Gasteiger partial charge on any atom is -0.508 e. The van der Waals surface area contributed by atoms with Crippen molar-refractivity contribution in [2.75, 3.05) is 0 Å². The standard InChI is InChI=1S/C40H36O11/c1-18(2)4-7-23-29(43)12-10-25(35(23)46)36(47)33-27(22-8-5-20(41)16-31(22)45)14-19(3)15-28(33)34-30(44)13-11-26(37(34)48)40-39(50)38(49)24-9-6-21(42)17-32(24)51-40/h4-6,8-13,15-17,27-28,33,41-46,48,50H,7,14H2,1-3H3. The van der Waals surface area contributed by atoms with E-state index in [2.05, 4.69) is 0 Å². The number of allylic oxidation sites excluding steroid dienone is 4. The number of phenolic OH excluding ortho intramolecular Hbond substituents is 7. The average Bonchev–Trinajstić information content (AvgIpc) is 3.06. The Morgan fingerprint density at radius 1 is 0.804 bits per heavy atom.